The van der Waals surface area contributed by atoms with Gasteiger partial charge in [-0.3, -0.25) is 0 Å². The summed E-state index contributed by atoms with van der Waals surface area (Å²) in [5.41, 5.74) is 2.47. The maximum absolute atomic E-state index is 3.64. The Balaban J connectivity index is 1.77. The molecule has 1 aliphatic rings. The molecule has 2 heterocycles. The third kappa shape index (κ3) is 2.05. The minimum atomic E-state index is 0.664. The number of thioether (sulfide) groups is 1. The van der Waals surface area contributed by atoms with Gasteiger partial charge in [0.15, 0.2) is 0 Å². The van der Waals surface area contributed by atoms with Crippen molar-refractivity contribution in [1.82, 2.24) is 4.98 Å². The van der Waals surface area contributed by atoms with E-state index in [1.54, 1.807) is 0 Å². The van der Waals surface area contributed by atoms with Gasteiger partial charge in [0.25, 0.3) is 0 Å². The number of hydrogen-bond acceptors (Lipinski definition) is 2. The lowest BCUT2D eigenvalue weighted by molar-refractivity contribution is 0.667. The van der Waals surface area contributed by atoms with Gasteiger partial charge in [-0.25, -0.2) is 0 Å². The van der Waals surface area contributed by atoms with Crippen LogP contribution in [0.2, 0.25) is 0 Å². The first-order chi connectivity index (χ1) is 7.92. The van der Waals surface area contributed by atoms with Crippen LogP contribution in [-0.2, 0) is 0 Å². The summed E-state index contributed by atoms with van der Waals surface area (Å²) in [5, 5.41) is 4.92. The number of aromatic nitrogens is 1. The van der Waals surface area contributed by atoms with Crippen molar-refractivity contribution in [3.63, 3.8) is 0 Å². The average molecular weight is 232 g/mol. The monoisotopic (exact) mass is 232 g/mol. The molecular weight excluding hydrogens is 216 g/mol. The van der Waals surface area contributed by atoms with Crippen molar-refractivity contribution in [3.8, 4) is 0 Å². The van der Waals surface area contributed by atoms with E-state index in [1.165, 1.54) is 40.9 Å². The maximum Gasteiger partial charge on any atom is 0.0455 e. The fraction of sp³-hybridized carbons (Fsp3) is 0.385. The predicted molar refractivity (Wildman–Crippen MR) is 72.3 cm³/mol. The molecule has 3 heteroatoms. The summed E-state index contributed by atoms with van der Waals surface area (Å²) in [6.07, 6.45) is 4.57. The van der Waals surface area contributed by atoms with E-state index < -0.39 is 0 Å². The van der Waals surface area contributed by atoms with Crippen molar-refractivity contribution in [2.75, 3.05) is 16.8 Å². The number of H-pyrrole nitrogens is 1. The Labute approximate surface area is 99.8 Å². The van der Waals surface area contributed by atoms with Gasteiger partial charge in [0, 0.05) is 28.8 Å². The van der Waals surface area contributed by atoms with Gasteiger partial charge < -0.3 is 10.3 Å². The molecule has 0 bridgehead atoms. The Morgan fingerprint density at radius 2 is 2.06 bits per heavy atom. The molecule has 0 amide bonds. The Morgan fingerprint density at radius 1 is 1.19 bits per heavy atom. The van der Waals surface area contributed by atoms with E-state index in [4.69, 9.17) is 0 Å². The summed E-state index contributed by atoms with van der Waals surface area (Å²) in [7, 11) is 0. The summed E-state index contributed by atoms with van der Waals surface area (Å²) in [6, 6.07) is 9.33. The van der Waals surface area contributed by atoms with Gasteiger partial charge in [-0.1, -0.05) is 0 Å². The second-order valence-corrected chi connectivity index (χ2v) is 5.54. The van der Waals surface area contributed by atoms with Crippen molar-refractivity contribution in [1.29, 1.82) is 0 Å². The highest BCUT2D eigenvalue weighted by Crippen LogP contribution is 2.23. The molecule has 84 valence electrons. The molecule has 0 saturated carbocycles. The Hall–Kier alpha value is -1.09. The lowest BCUT2D eigenvalue weighted by Crippen LogP contribution is -2.24. The molecule has 2 aromatic rings. The van der Waals surface area contributed by atoms with Gasteiger partial charge in [0.05, 0.1) is 0 Å². The fourth-order valence-corrected chi connectivity index (χ4v) is 3.33. The van der Waals surface area contributed by atoms with Crippen LogP contribution in [0.1, 0.15) is 12.8 Å². The topological polar surface area (TPSA) is 27.8 Å². The van der Waals surface area contributed by atoms with E-state index in [2.05, 4.69) is 46.3 Å². The average Bonchev–Trinajstić information content (AvgIpc) is 2.77. The molecule has 2 N–H and O–H groups in total. The summed E-state index contributed by atoms with van der Waals surface area (Å²) in [4.78, 5) is 3.22. The van der Waals surface area contributed by atoms with Crippen LogP contribution in [0.15, 0.2) is 30.5 Å². The van der Waals surface area contributed by atoms with E-state index in [1.807, 2.05) is 6.20 Å². The number of benzene rings is 1. The maximum atomic E-state index is 3.64. The van der Waals surface area contributed by atoms with Crippen LogP contribution in [0, 0.1) is 0 Å². The van der Waals surface area contributed by atoms with Crippen molar-refractivity contribution in [2.24, 2.45) is 0 Å². The number of hydrogen-bond donors (Lipinski definition) is 2. The van der Waals surface area contributed by atoms with E-state index in [9.17, 15) is 0 Å². The molecule has 0 atom stereocenters. The van der Waals surface area contributed by atoms with Crippen molar-refractivity contribution < 1.29 is 0 Å². The van der Waals surface area contributed by atoms with Crippen LogP contribution in [0.5, 0.6) is 0 Å². The first kappa shape index (κ1) is 10.1. The molecule has 2 nitrogen and oxygen atoms in total. The molecule has 0 unspecified atom stereocenters. The van der Waals surface area contributed by atoms with Gasteiger partial charge in [0.1, 0.15) is 0 Å². The summed E-state index contributed by atoms with van der Waals surface area (Å²) < 4.78 is 0. The quantitative estimate of drug-likeness (QED) is 0.829. The SMILES string of the molecule is c1cc2cc(NC3CCSCC3)ccc2[nH]1. The summed E-state index contributed by atoms with van der Waals surface area (Å²) in [5.74, 6) is 2.59. The first-order valence-electron chi connectivity index (χ1n) is 5.83. The van der Waals surface area contributed by atoms with Crippen LogP contribution in [0.4, 0.5) is 5.69 Å². The zero-order valence-corrected chi connectivity index (χ0v) is 10.0. The normalized spacial score (nSPS) is 17.8. The molecule has 1 fully saturated rings. The minimum Gasteiger partial charge on any atom is -0.382 e. The number of nitrogens with one attached hydrogen (secondary N) is 2. The second kappa shape index (κ2) is 4.42. The zero-order chi connectivity index (χ0) is 10.8. The van der Waals surface area contributed by atoms with Gasteiger partial charge >= 0.3 is 0 Å². The third-order valence-corrected chi connectivity index (χ3v) is 4.19. The molecule has 1 aliphatic heterocycles. The first-order valence-corrected chi connectivity index (χ1v) is 6.99. The van der Waals surface area contributed by atoms with Gasteiger partial charge in [-0.15, -0.1) is 0 Å². The van der Waals surface area contributed by atoms with Crippen molar-refractivity contribution >= 4 is 28.4 Å². The third-order valence-electron chi connectivity index (χ3n) is 3.15. The molecular formula is C13H16N2S. The summed E-state index contributed by atoms with van der Waals surface area (Å²) >= 11 is 2.07. The van der Waals surface area contributed by atoms with Crippen molar-refractivity contribution in [3.05, 3.63) is 30.5 Å². The number of fused-ring (bicyclic) bond motifs is 1. The zero-order valence-electron chi connectivity index (χ0n) is 9.20. The molecule has 1 aromatic heterocycles. The number of aromatic amines is 1. The number of rotatable bonds is 2. The van der Waals surface area contributed by atoms with Crippen LogP contribution < -0.4 is 5.32 Å². The Kier molecular flexibility index (Phi) is 2.79. The molecule has 3 rings (SSSR count). The predicted octanol–water partition coefficient (Wildman–Crippen LogP) is 3.48. The highest BCUT2D eigenvalue weighted by molar-refractivity contribution is 7.99. The molecule has 1 saturated heterocycles. The molecule has 1 aromatic carbocycles. The summed E-state index contributed by atoms with van der Waals surface area (Å²) in [6.45, 7) is 0. The van der Waals surface area contributed by atoms with E-state index in [0.717, 1.165) is 0 Å². The standard InChI is InChI=1S/C13H16N2S/c1-2-13-10(3-6-14-13)9-12(1)15-11-4-7-16-8-5-11/h1-3,6,9,11,14-15H,4-5,7-8H2. The number of anilines is 1. The highest BCUT2D eigenvalue weighted by Gasteiger charge is 2.13. The van der Waals surface area contributed by atoms with Crippen molar-refractivity contribution in [2.45, 2.75) is 18.9 Å². The Bertz CT molecular complexity index is 471. The van der Waals surface area contributed by atoms with E-state index >= 15 is 0 Å². The second-order valence-electron chi connectivity index (χ2n) is 4.31. The van der Waals surface area contributed by atoms with Gasteiger partial charge in [-0.2, -0.15) is 11.8 Å². The van der Waals surface area contributed by atoms with Gasteiger partial charge in [-0.05, 0) is 48.6 Å². The largest absolute Gasteiger partial charge is 0.382 e. The molecule has 16 heavy (non-hydrogen) atoms. The lowest BCUT2D eigenvalue weighted by atomic mass is 10.1. The highest BCUT2D eigenvalue weighted by atomic mass is 32.2. The molecule has 0 radical (unpaired) electrons. The molecule has 0 aliphatic carbocycles. The molecule has 0 spiro atoms. The van der Waals surface area contributed by atoms with Crippen LogP contribution in [0.3, 0.4) is 0 Å². The van der Waals surface area contributed by atoms with Gasteiger partial charge in [0.2, 0.25) is 0 Å². The Morgan fingerprint density at radius 3 is 2.94 bits per heavy atom. The van der Waals surface area contributed by atoms with E-state index in [-0.39, 0.29) is 0 Å². The minimum absolute atomic E-state index is 0.664. The van der Waals surface area contributed by atoms with Crippen LogP contribution in [-0.4, -0.2) is 22.5 Å². The van der Waals surface area contributed by atoms with Crippen LogP contribution >= 0.6 is 11.8 Å². The lowest BCUT2D eigenvalue weighted by Gasteiger charge is -2.23. The van der Waals surface area contributed by atoms with Crippen LogP contribution in [0.25, 0.3) is 10.9 Å². The smallest absolute Gasteiger partial charge is 0.0455 e. The van der Waals surface area contributed by atoms with E-state index in [0.29, 0.717) is 6.04 Å². The fourth-order valence-electron chi connectivity index (χ4n) is 2.22.